The van der Waals surface area contributed by atoms with Crippen molar-refractivity contribution in [3.8, 4) is 11.5 Å². The average molecular weight is 1030 g/mol. The molecule has 1 spiro atoms. The second-order valence-electron chi connectivity index (χ2n) is 17.6. The summed E-state index contributed by atoms with van der Waals surface area (Å²) in [6.45, 7) is 7.69. The van der Waals surface area contributed by atoms with Gasteiger partial charge in [0.05, 0.1) is 27.4 Å². The molecule has 0 saturated carbocycles. The number of esters is 1. The van der Waals surface area contributed by atoms with Crippen molar-refractivity contribution in [2.75, 3.05) is 11.9 Å². The van der Waals surface area contributed by atoms with E-state index < -0.39 is 5.60 Å². The van der Waals surface area contributed by atoms with Crippen LogP contribution in [0.15, 0.2) is 187 Å². The number of aromatic hydroxyl groups is 1. The van der Waals surface area contributed by atoms with Crippen LogP contribution in [0.5, 0.6) is 11.5 Å². The summed E-state index contributed by atoms with van der Waals surface area (Å²) in [6.07, 6.45) is 0.250. The molecule has 76 heavy (non-hydrogen) atoms. The summed E-state index contributed by atoms with van der Waals surface area (Å²) in [5, 5.41) is 12.6. The van der Waals surface area contributed by atoms with Gasteiger partial charge in [0.1, 0.15) is 18.5 Å². The van der Waals surface area contributed by atoms with Crippen molar-refractivity contribution in [1.82, 2.24) is 4.57 Å². The van der Waals surface area contributed by atoms with E-state index in [1.165, 1.54) is 22.2 Å². The van der Waals surface area contributed by atoms with Crippen molar-refractivity contribution in [2.45, 2.75) is 55.5 Å². The number of fused-ring (bicyclic) bond motifs is 8. The molecule has 388 valence electrons. The number of carbonyl (C=O) groups excluding carboxylic acids is 4. The lowest BCUT2D eigenvalue weighted by atomic mass is 9.80. The van der Waals surface area contributed by atoms with Gasteiger partial charge < -0.3 is 19.3 Å². The van der Waals surface area contributed by atoms with Crippen molar-refractivity contribution in [3.63, 3.8) is 0 Å². The van der Waals surface area contributed by atoms with Crippen LogP contribution in [0.2, 0.25) is 0 Å². The van der Waals surface area contributed by atoms with Crippen LogP contribution in [0.25, 0.3) is 43.6 Å². The highest BCUT2D eigenvalue weighted by Gasteiger charge is 2.60. The van der Waals surface area contributed by atoms with Gasteiger partial charge in [-0.1, -0.05) is 144 Å². The lowest BCUT2D eigenvalue weighted by Gasteiger charge is -2.44. The number of nitrogens with zero attached hydrogens (tertiary/aromatic N) is 3. The summed E-state index contributed by atoms with van der Waals surface area (Å²) in [5.74, 6) is 0.368. The maximum Gasteiger partial charge on any atom is 0.387 e. The van der Waals surface area contributed by atoms with Crippen LogP contribution >= 0.6 is 0 Å². The molecule has 10 aromatic rings. The number of ether oxygens (including phenoxy) is 1. The fourth-order valence-electron chi connectivity index (χ4n) is 9.42. The van der Waals surface area contributed by atoms with Crippen molar-refractivity contribution in [3.05, 3.63) is 231 Å². The minimum Gasteiger partial charge on any atom is -0.507 e. The van der Waals surface area contributed by atoms with Gasteiger partial charge in [0.25, 0.3) is 5.60 Å². The minimum absolute atomic E-state index is 0.115. The molecule has 0 atom stereocenters. The first-order valence-electron chi connectivity index (χ1n) is 26.4. The SMILES string of the molecule is CN1c2ccccc2C2(OOC2=O)c2ccccc21.Cc1cccc(C)c1O.Cc1cccc(C)c1OC(=O)c1c2ccccc2[n+](C)c2ccccc12.Cn1c2ccccc2c(=O)c2ccccc21.O=C=O.[3H]C.[3H]C.[3H]C. The molecule has 2 aliphatic rings. The zero-order valence-electron chi connectivity index (χ0n) is 47.4. The Kier molecular flexibility index (Phi) is 17.2. The molecule has 0 aliphatic carbocycles. The lowest BCUT2D eigenvalue weighted by molar-refractivity contribution is -0.617. The van der Waals surface area contributed by atoms with E-state index in [0.717, 1.165) is 88.4 Å². The number of anilines is 2. The monoisotopic (exact) mass is 1020 g/mol. The number of phenols is 1. The van der Waals surface area contributed by atoms with E-state index >= 15 is 0 Å². The van der Waals surface area contributed by atoms with Crippen molar-refractivity contribution in [1.29, 1.82) is 0 Å². The number of hydrogen-bond acceptors (Lipinski definition) is 10. The molecule has 2 aromatic heterocycles. The summed E-state index contributed by atoms with van der Waals surface area (Å²) >= 11 is 0. The Morgan fingerprint density at radius 1 is 0.579 bits per heavy atom. The molecule has 0 unspecified atom stereocenters. The number of phenolic OH excluding ortho intramolecular Hbond substituents is 1. The molecule has 8 aromatic carbocycles. The van der Waals surface area contributed by atoms with Gasteiger partial charge >= 0.3 is 18.1 Å². The van der Waals surface area contributed by atoms with E-state index in [1.54, 1.807) is 0 Å². The van der Waals surface area contributed by atoms with Crippen LogP contribution in [-0.2, 0) is 43.9 Å². The summed E-state index contributed by atoms with van der Waals surface area (Å²) in [4.78, 5) is 65.7. The third kappa shape index (κ3) is 10.7. The zero-order valence-corrected chi connectivity index (χ0v) is 44.4. The van der Waals surface area contributed by atoms with Gasteiger partial charge in [-0.3, -0.25) is 9.68 Å². The molecule has 12 nitrogen and oxygen atoms in total. The first-order valence-corrected chi connectivity index (χ1v) is 23.4. The van der Waals surface area contributed by atoms with E-state index in [9.17, 15) is 19.5 Å². The van der Waals surface area contributed by atoms with Gasteiger partial charge in [-0.05, 0) is 98.5 Å². The maximum atomic E-state index is 13.2. The molecule has 0 radical (unpaired) electrons. The second-order valence-corrected chi connectivity index (χ2v) is 17.6. The van der Waals surface area contributed by atoms with Gasteiger partial charge in [0.2, 0.25) is 11.0 Å². The van der Waals surface area contributed by atoms with Crippen LogP contribution in [0.3, 0.4) is 0 Å². The molecule has 1 N–H and O–H groups in total. The Morgan fingerprint density at radius 2 is 0.961 bits per heavy atom. The fourth-order valence-corrected chi connectivity index (χ4v) is 9.42. The summed E-state index contributed by atoms with van der Waals surface area (Å²) < 4.78 is 27.3. The molecule has 1 saturated heterocycles. The highest BCUT2D eigenvalue weighted by Crippen LogP contribution is 2.53. The number of rotatable bonds is 2. The lowest BCUT2D eigenvalue weighted by Crippen LogP contribution is -2.53. The standard InChI is InChI=1S/C23H20NO2.C15H11NO3.C14H11NO.C8H10O.CO2.3CH4/c1-15-9-8-10-16(2)22(15)26-23(25)21-17-11-4-6-13-19(17)24(3)20-14-7-5-12-18(20)21;1-16-12-8-4-2-6-10(12)15(14(17)18-19-15)11-7-3-5-9-13(11)16;1-15-12-8-4-2-6-10(12)14(16)11-7-3-5-9-13(11)15;1-6-4-3-5-7(2)8(6)9;2-1-3;;;/h4-14H,1-3H3;2-9H,1H3;2-9H,1H3;3-5,9H,1-2H3;;3*1H4/q+1;;;;;;;/i;;;;;3*1T. The van der Waals surface area contributed by atoms with E-state index in [4.69, 9.17) is 23.3 Å². The predicted molar refractivity (Wildman–Crippen MR) is 302 cm³/mol. The molecule has 12 heteroatoms. The number of hydrogen-bond donors (Lipinski definition) is 1. The molecular formula is C64H64N3O9+. The predicted octanol–water partition coefficient (Wildman–Crippen LogP) is 13.2. The normalized spacial score (nSPS) is 12.2. The van der Waals surface area contributed by atoms with Crippen molar-refractivity contribution >= 4 is 73.1 Å². The topological polar surface area (TPSA) is 145 Å². The smallest absolute Gasteiger partial charge is 0.387 e. The molecule has 0 bridgehead atoms. The first-order chi connectivity index (χ1) is 38.2. The summed E-state index contributed by atoms with van der Waals surface area (Å²) in [5.41, 5.74) is 10.9. The largest absolute Gasteiger partial charge is 0.507 e. The van der Waals surface area contributed by atoms with Gasteiger partial charge in [-0.15, -0.1) is 0 Å². The number of aryl methyl sites for hydroxylation is 6. The van der Waals surface area contributed by atoms with E-state index in [-0.39, 0.29) is 23.5 Å². The number of benzene rings is 8. The van der Waals surface area contributed by atoms with E-state index in [0.29, 0.717) is 17.1 Å². The Bertz CT molecular complexity index is 3650. The van der Waals surface area contributed by atoms with Gasteiger partial charge in [0.15, 0.2) is 5.43 Å². The van der Waals surface area contributed by atoms with Crippen molar-refractivity contribution in [2.24, 2.45) is 14.1 Å². The minimum atomic E-state index is -1.10. The van der Waals surface area contributed by atoms with Crippen LogP contribution < -0.4 is 19.6 Å². The van der Waals surface area contributed by atoms with Crippen LogP contribution in [0, 0.1) is 27.7 Å². The zero-order chi connectivity index (χ0) is 58.0. The Labute approximate surface area is 447 Å². The highest BCUT2D eigenvalue weighted by atomic mass is 17.3. The van der Waals surface area contributed by atoms with Crippen molar-refractivity contribution < 1.29 is 47.5 Å². The number of carbonyl (C=O) groups is 2. The van der Waals surface area contributed by atoms with Crippen LogP contribution in [-0.4, -0.2) is 34.8 Å². The van der Waals surface area contributed by atoms with E-state index in [2.05, 4.69) is 18.9 Å². The molecule has 1 fully saturated rings. The molecule has 4 heterocycles. The second kappa shape index (κ2) is 24.7. The maximum absolute atomic E-state index is 13.2. The highest BCUT2D eigenvalue weighted by molar-refractivity contribution is 6.13. The van der Waals surface area contributed by atoms with Gasteiger partial charge in [0, 0.05) is 63.6 Å². The van der Waals surface area contributed by atoms with Crippen LogP contribution in [0.1, 0.15) is 70.1 Å². The van der Waals surface area contributed by atoms with Gasteiger partial charge in [-0.25, -0.2) is 9.59 Å². The van der Waals surface area contributed by atoms with E-state index in [1.807, 2.05) is 231 Å². The number of pyridine rings is 2. The average Bonchev–Trinajstić information content (AvgIpc) is 3.66. The molecular weight excluding hydrogens is 955 g/mol. The Balaban J connectivity index is 0.000000193. The molecule has 12 rings (SSSR count). The number of para-hydroxylation sites is 8. The summed E-state index contributed by atoms with van der Waals surface area (Å²) in [6, 6.07) is 58.3. The quantitative estimate of drug-likeness (QED) is 0.0584. The fraction of sp³-hybridized carbons (Fsp3) is 0.172. The summed E-state index contributed by atoms with van der Waals surface area (Å²) in [7, 11) is 9.74. The molecule has 2 aliphatic heterocycles. The Hall–Kier alpha value is -9.22. The first kappa shape index (κ1) is 53.1. The number of aromatic nitrogens is 2. The van der Waals surface area contributed by atoms with Crippen LogP contribution in [0.4, 0.5) is 11.4 Å². The third-order valence-corrected chi connectivity index (χ3v) is 13.2. The van der Waals surface area contributed by atoms with Gasteiger partial charge in [-0.2, -0.15) is 19.0 Å². The third-order valence-electron chi connectivity index (χ3n) is 13.2. The molecule has 0 amide bonds. The Morgan fingerprint density at radius 3 is 1.37 bits per heavy atom.